The van der Waals surface area contributed by atoms with E-state index < -0.39 is 0 Å². The highest BCUT2D eigenvalue weighted by atomic mass is 15.1. The fraction of sp³-hybridized carbons (Fsp3) is 0.636. The molecule has 0 aliphatic heterocycles. The summed E-state index contributed by atoms with van der Waals surface area (Å²) in [6.45, 7) is 9.02. The lowest BCUT2D eigenvalue weighted by Crippen LogP contribution is -2.12. The topological polar surface area (TPSA) is 63.8 Å². The average molecular weight is 206 g/mol. The quantitative estimate of drug-likeness (QED) is 0.775. The van der Waals surface area contributed by atoms with Crippen molar-refractivity contribution in [3.8, 4) is 0 Å². The number of rotatable bonds is 2. The number of nitrogens with one attached hydrogen (secondary N) is 1. The van der Waals surface area contributed by atoms with Crippen LogP contribution in [0.3, 0.4) is 0 Å². The number of aromatic nitrogens is 2. The molecule has 0 radical (unpaired) electrons. The zero-order valence-electron chi connectivity index (χ0n) is 9.70. The van der Waals surface area contributed by atoms with Gasteiger partial charge in [0.1, 0.15) is 11.6 Å². The molecule has 1 aliphatic carbocycles. The monoisotopic (exact) mass is 206 g/mol. The van der Waals surface area contributed by atoms with Crippen LogP contribution in [0, 0.1) is 10.8 Å². The Morgan fingerprint density at radius 3 is 2.27 bits per heavy atom. The van der Waals surface area contributed by atoms with Crippen molar-refractivity contribution < 1.29 is 0 Å². The molecule has 15 heavy (non-hydrogen) atoms. The maximum absolute atomic E-state index is 5.58. The molecule has 1 fully saturated rings. The van der Waals surface area contributed by atoms with Crippen molar-refractivity contribution in [1.29, 1.82) is 0 Å². The second kappa shape index (κ2) is 2.84. The molecule has 1 saturated carbocycles. The van der Waals surface area contributed by atoms with Crippen LogP contribution in [0.5, 0.6) is 0 Å². The van der Waals surface area contributed by atoms with Crippen molar-refractivity contribution in [1.82, 2.24) is 9.97 Å². The van der Waals surface area contributed by atoms with Gasteiger partial charge in [0.25, 0.3) is 0 Å². The summed E-state index contributed by atoms with van der Waals surface area (Å²) in [5, 5.41) is 3.38. The smallest absolute Gasteiger partial charge is 0.147 e. The van der Waals surface area contributed by atoms with E-state index in [2.05, 4.69) is 43.0 Å². The predicted molar refractivity (Wildman–Crippen MR) is 61.4 cm³/mol. The van der Waals surface area contributed by atoms with Crippen LogP contribution in [0.2, 0.25) is 0 Å². The fourth-order valence-corrected chi connectivity index (χ4v) is 2.16. The SMILES string of the molecule is CC1(C)C(Nc2cncc(N)n2)C1(C)C. The van der Waals surface area contributed by atoms with Crippen molar-refractivity contribution >= 4 is 11.6 Å². The fourth-order valence-electron chi connectivity index (χ4n) is 2.16. The molecule has 0 aromatic carbocycles. The molecule has 1 heterocycles. The van der Waals surface area contributed by atoms with E-state index in [0.29, 0.717) is 22.7 Å². The van der Waals surface area contributed by atoms with Crippen LogP contribution >= 0.6 is 0 Å². The lowest BCUT2D eigenvalue weighted by atomic mass is 10.0. The molecule has 4 heteroatoms. The second-order valence-corrected chi connectivity index (χ2v) is 5.35. The molecule has 0 unspecified atom stereocenters. The largest absolute Gasteiger partial charge is 0.382 e. The first kappa shape index (κ1) is 10.2. The molecule has 0 saturated heterocycles. The van der Waals surface area contributed by atoms with Crippen molar-refractivity contribution in [2.24, 2.45) is 10.8 Å². The molecule has 2 rings (SSSR count). The van der Waals surface area contributed by atoms with Gasteiger partial charge in [0.2, 0.25) is 0 Å². The van der Waals surface area contributed by atoms with Gasteiger partial charge in [-0.15, -0.1) is 0 Å². The van der Waals surface area contributed by atoms with E-state index in [-0.39, 0.29) is 0 Å². The Labute approximate surface area is 90.3 Å². The lowest BCUT2D eigenvalue weighted by Gasteiger charge is -2.06. The molecule has 3 N–H and O–H groups in total. The summed E-state index contributed by atoms with van der Waals surface area (Å²) < 4.78 is 0. The number of hydrogen-bond acceptors (Lipinski definition) is 4. The third-order valence-corrected chi connectivity index (χ3v) is 3.97. The van der Waals surface area contributed by atoms with Crippen LogP contribution in [0.15, 0.2) is 12.4 Å². The summed E-state index contributed by atoms with van der Waals surface area (Å²) in [6.07, 6.45) is 3.26. The first-order chi connectivity index (χ1) is 6.85. The number of hydrogen-bond donors (Lipinski definition) is 2. The third kappa shape index (κ3) is 1.44. The van der Waals surface area contributed by atoms with Crippen molar-refractivity contribution in [3.05, 3.63) is 12.4 Å². The lowest BCUT2D eigenvalue weighted by molar-refractivity contribution is 0.457. The summed E-state index contributed by atoms with van der Waals surface area (Å²) >= 11 is 0. The zero-order valence-corrected chi connectivity index (χ0v) is 9.70. The van der Waals surface area contributed by atoms with E-state index in [0.717, 1.165) is 5.82 Å². The van der Waals surface area contributed by atoms with Gasteiger partial charge in [0.05, 0.1) is 12.4 Å². The third-order valence-electron chi connectivity index (χ3n) is 3.97. The molecule has 1 aromatic heterocycles. The number of nitrogens with zero attached hydrogens (tertiary/aromatic N) is 2. The van der Waals surface area contributed by atoms with E-state index in [4.69, 9.17) is 5.73 Å². The maximum atomic E-state index is 5.58. The van der Waals surface area contributed by atoms with Crippen molar-refractivity contribution in [2.45, 2.75) is 33.7 Å². The van der Waals surface area contributed by atoms with Crippen LogP contribution < -0.4 is 11.1 Å². The molecule has 82 valence electrons. The summed E-state index contributed by atoms with van der Waals surface area (Å²) in [4.78, 5) is 8.20. The Morgan fingerprint density at radius 2 is 1.80 bits per heavy atom. The van der Waals surface area contributed by atoms with E-state index >= 15 is 0 Å². The predicted octanol–water partition coefficient (Wildman–Crippen LogP) is 1.91. The minimum Gasteiger partial charge on any atom is -0.382 e. The summed E-state index contributed by atoms with van der Waals surface area (Å²) in [7, 11) is 0. The van der Waals surface area contributed by atoms with Crippen molar-refractivity contribution in [3.63, 3.8) is 0 Å². The minimum absolute atomic E-state index is 0.291. The molecule has 1 aromatic rings. The van der Waals surface area contributed by atoms with E-state index in [9.17, 15) is 0 Å². The van der Waals surface area contributed by atoms with E-state index in [1.54, 1.807) is 12.4 Å². The highest BCUT2D eigenvalue weighted by Gasteiger charge is 2.65. The van der Waals surface area contributed by atoms with Crippen LogP contribution in [-0.4, -0.2) is 16.0 Å². The highest BCUT2D eigenvalue weighted by Crippen LogP contribution is 2.63. The normalized spacial score (nSPS) is 22.4. The van der Waals surface area contributed by atoms with Gasteiger partial charge in [-0.2, -0.15) is 0 Å². The van der Waals surface area contributed by atoms with Gasteiger partial charge in [-0.05, 0) is 10.8 Å². The van der Waals surface area contributed by atoms with E-state index in [1.807, 2.05) is 0 Å². The number of nitrogens with two attached hydrogens (primary N) is 1. The Morgan fingerprint density at radius 1 is 1.20 bits per heavy atom. The summed E-state index contributed by atoms with van der Waals surface area (Å²) in [5.74, 6) is 1.22. The Bertz CT molecular complexity index is 370. The standard InChI is InChI=1S/C11H18N4/c1-10(2)9(11(10,3)4)15-8-6-13-5-7(12)14-8/h5-6,9H,1-4H3,(H3,12,14,15). The zero-order chi connectivity index (χ0) is 11.3. The molecule has 4 nitrogen and oxygen atoms in total. The average Bonchev–Trinajstić information content (AvgIpc) is 2.48. The van der Waals surface area contributed by atoms with Crippen molar-refractivity contribution in [2.75, 3.05) is 11.1 Å². The second-order valence-electron chi connectivity index (χ2n) is 5.35. The van der Waals surface area contributed by atoms with Crippen LogP contribution in [0.25, 0.3) is 0 Å². The highest BCUT2D eigenvalue weighted by molar-refractivity contribution is 5.43. The van der Waals surface area contributed by atoms with Gasteiger partial charge < -0.3 is 11.1 Å². The van der Waals surface area contributed by atoms with Gasteiger partial charge >= 0.3 is 0 Å². The maximum Gasteiger partial charge on any atom is 0.147 e. The first-order valence-corrected chi connectivity index (χ1v) is 5.20. The van der Waals surface area contributed by atoms with Gasteiger partial charge in [-0.1, -0.05) is 27.7 Å². The molecule has 0 spiro atoms. The minimum atomic E-state index is 0.291. The number of anilines is 2. The number of nitrogen functional groups attached to an aromatic ring is 1. The summed E-state index contributed by atoms with van der Waals surface area (Å²) in [5.41, 5.74) is 6.16. The molecule has 1 aliphatic rings. The molecular weight excluding hydrogens is 188 g/mol. The van der Waals surface area contributed by atoms with Crippen LogP contribution in [0.1, 0.15) is 27.7 Å². The van der Waals surface area contributed by atoms with Crippen LogP contribution in [0.4, 0.5) is 11.6 Å². The Kier molecular flexibility index (Phi) is 1.93. The molecule has 0 atom stereocenters. The molecular formula is C11H18N4. The van der Waals surface area contributed by atoms with Crippen LogP contribution in [-0.2, 0) is 0 Å². The van der Waals surface area contributed by atoms with Gasteiger partial charge in [-0.3, -0.25) is 4.98 Å². The van der Waals surface area contributed by atoms with E-state index in [1.165, 1.54) is 0 Å². The van der Waals surface area contributed by atoms with Gasteiger partial charge in [0, 0.05) is 6.04 Å². The summed E-state index contributed by atoms with van der Waals surface area (Å²) in [6, 6.07) is 0.432. The molecule has 0 bridgehead atoms. The van der Waals surface area contributed by atoms with Gasteiger partial charge in [-0.25, -0.2) is 4.98 Å². The molecule has 0 amide bonds. The Balaban J connectivity index is 2.12. The first-order valence-electron chi connectivity index (χ1n) is 5.20. The van der Waals surface area contributed by atoms with Gasteiger partial charge in [0.15, 0.2) is 0 Å². The Hall–Kier alpha value is -1.32.